The number of hydrazone groups is 1. The van der Waals surface area contributed by atoms with Gasteiger partial charge in [-0.05, 0) is 34.1 Å². The van der Waals surface area contributed by atoms with Crippen molar-refractivity contribution in [2.75, 3.05) is 5.43 Å². The molecule has 0 atom stereocenters. The quantitative estimate of drug-likeness (QED) is 0.670. The summed E-state index contributed by atoms with van der Waals surface area (Å²) in [6.07, 6.45) is 0. The smallest absolute Gasteiger partial charge is 0.237 e. The van der Waals surface area contributed by atoms with Crippen molar-refractivity contribution in [1.29, 1.82) is 10.5 Å². The lowest BCUT2D eigenvalue weighted by molar-refractivity contribution is 1.33. The van der Waals surface area contributed by atoms with Gasteiger partial charge in [0.2, 0.25) is 5.71 Å². The Morgan fingerprint density at radius 1 is 1.40 bits per heavy atom. The van der Waals surface area contributed by atoms with Crippen molar-refractivity contribution in [1.82, 2.24) is 0 Å². The molecule has 0 aliphatic heterocycles. The van der Waals surface area contributed by atoms with E-state index in [4.69, 9.17) is 22.1 Å². The number of nitrogens with one attached hydrogen (secondary N) is 1. The molecule has 0 heterocycles. The van der Waals surface area contributed by atoms with Gasteiger partial charge in [-0.1, -0.05) is 11.6 Å². The Bertz CT molecular complexity index is 468. The highest BCUT2D eigenvalue weighted by Crippen LogP contribution is 2.25. The van der Waals surface area contributed by atoms with Gasteiger partial charge < -0.3 is 0 Å². The molecule has 15 heavy (non-hydrogen) atoms. The van der Waals surface area contributed by atoms with Gasteiger partial charge >= 0.3 is 0 Å². The highest BCUT2D eigenvalue weighted by Gasteiger charge is 2.00. The fraction of sp³-hybridized carbons (Fsp3) is 0. The van der Waals surface area contributed by atoms with E-state index in [0.29, 0.717) is 15.2 Å². The van der Waals surface area contributed by atoms with Crippen molar-refractivity contribution < 1.29 is 0 Å². The second kappa shape index (κ2) is 5.35. The van der Waals surface area contributed by atoms with E-state index in [1.807, 2.05) is 0 Å². The Hall–Kier alpha value is -1.56. The van der Waals surface area contributed by atoms with Crippen LogP contribution in [0.4, 0.5) is 5.69 Å². The molecular weight excluding hydrogens is 279 g/mol. The van der Waals surface area contributed by atoms with Crippen molar-refractivity contribution >= 4 is 38.9 Å². The van der Waals surface area contributed by atoms with Gasteiger partial charge in [-0.3, -0.25) is 5.43 Å². The number of nitrogens with zero attached hydrogens (tertiary/aromatic N) is 3. The van der Waals surface area contributed by atoms with Crippen molar-refractivity contribution in [3.63, 3.8) is 0 Å². The van der Waals surface area contributed by atoms with Gasteiger partial charge in [0.25, 0.3) is 0 Å². The lowest BCUT2D eigenvalue weighted by Gasteiger charge is -2.02. The Kier molecular flexibility index (Phi) is 4.11. The molecule has 0 spiro atoms. The maximum Gasteiger partial charge on any atom is 0.237 e. The third kappa shape index (κ3) is 3.25. The molecule has 1 aromatic carbocycles. The summed E-state index contributed by atoms with van der Waals surface area (Å²) in [7, 11) is 0. The highest BCUT2D eigenvalue weighted by molar-refractivity contribution is 9.10. The molecule has 0 unspecified atom stereocenters. The van der Waals surface area contributed by atoms with Crippen LogP contribution in [-0.2, 0) is 0 Å². The average molecular weight is 284 g/mol. The number of hydrogen-bond acceptors (Lipinski definition) is 4. The molecule has 1 aromatic rings. The average Bonchev–Trinajstić information content (AvgIpc) is 2.22. The van der Waals surface area contributed by atoms with Gasteiger partial charge in [0, 0.05) is 9.50 Å². The first-order valence-electron chi connectivity index (χ1n) is 3.76. The van der Waals surface area contributed by atoms with E-state index in [-0.39, 0.29) is 5.71 Å². The molecule has 4 nitrogen and oxygen atoms in total. The maximum absolute atomic E-state index is 8.44. The molecule has 74 valence electrons. The zero-order valence-corrected chi connectivity index (χ0v) is 9.67. The van der Waals surface area contributed by atoms with Gasteiger partial charge in [0.1, 0.15) is 12.1 Å². The number of rotatable bonds is 2. The fourth-order valence-electron chi connectivity index (χ4n) is 0.771. The predicted octanol–water partition coefficient (Wildman–Crippen LogP) is 2.92. The molecular formula is C9H4BrClN4. The summed E-state index contributed by atoms with van der Waals surface area (Å²) in [6.45, 7) is 0. The molecule has 1 N–H and O–H groups in total. The topological polar surface area (TPSA) is 72.0 Å². The van der Waals surface area contributed by atoms with E-state index in [1.165, 1.54) is 0 Å². The molecule has 0 radical (unpaired) electrons. The van der Waals surface area contributed by atoms with Gasteiger partial charge in [-0.25, -0.2) is 0 Å². The predicted molar refractivity (Wildman–Crippen MR) is 61.4 cm³/mol. The molecule has 1 rings (SSSR count). The van der Waals surface area contributed by atoms with Crippen molar-refractivity contribution in [3.05, 3.63) is 27.7 Å². The molecule has 0 bridgehead atoms. The van der Waals surface area contributed by atoms with E-state index in [0.717, 1.165) is 0 Å². The zero-order chi connectivity index (χ0) is 11.3. The summed E-state index contributed by atoms with van der Waals surface area (Å²) in [5.74, 6) is 0. The summed E-state index contributed by atoms with van der Waals surface area (Å²) in [4.78, 5) is 0. The summed E-state index contributed by atoms with van der Waals surface area (Å²) in [6, 6.07) is 8.31. The van der Waals surface area contributed by atoms with E-state index in [2.05, 4.69) is 26.5 Å². The molecule has 0 aliphatic rings. The summed E-state index contributed by atoms with van der Waals surface area (Å²) < 4.78 is 0.703. The molecule has 6 heteroatoms. The lowest BCUT2D eigenvalue weighted by Crippen LogP contribution is -1.96. The first kappa shape index (κ1) is 11.5. The minimum Gasteiger partial charge on any atom is -0.275 e. The minimum absolute atomic E-state index is 0.239. The van der Waals surface area contributed by atoms with E-state index < -0.39 is 0 Å². The van der Waals surface area contributed by atoms with Crippen LogP contribution in [-0.4, -0.2) is 5.71 Å². The van der Waals surface area contributed by atoms with Gasteiger partial charge in [-0.15, -0.1) is 0 Å². The molecule has 0 aromatic heterocycles. The summed E-state index contributed by atoms with van der Waals surface area (Å²) >= 11 is 8.99. The lowest BCUT2D eigenvalue weighted by atomic mass is 10.3. The third-order valence-corrected chi connectivity index (χ3v) is 2.32. The number of anilines is 1. The van der Waals surface area contributed by atoms with Crippen LogP contribution in [0.3, 0.4) is 0 Å². The van der Waals surface area contributed by atoms with E-state index in [9.17, 15) is 0 Å². The van der Waals surface area contributed by atoms with Crippen LogP contribution in [0.2, 0.25) is 5.02 Å². The van der Waals surface area contributed by atoms with Crippen molar-refractivity contribution in [3.8, 4) is 12.1 Å². The largest absolute Gasteiger partial charge is 0.275 e. The third-order valence-electron chi connectivity index (χ3n) is 1.43. The van der Waals surface area contributed by atoms with Crippen molar-refractivity contribution in [2.45, 2.75) is 0 Å². The monoisotopic (exact) mass is 282 g/mol. The number of hydrogen-bond donors (Lipinski definition) is 1. The van der Waals surface area contributed by atoms with Gasteiger partial charge in [0.15, 0.2) is 0 Å². The van der Waals surface area contributed by atoms with E-state index >= 15 is 0 Å². The minimum atomic E-state index is -0.239. The van der Waals surface area contributed by atoms with Crippen LogP contribution in [0.1, 0.15) is 0 Å². The number of nitriles is 2. The summed E-state index contributed by atoms with van der Waals surface area (Å²) in [5.41, 5.74) is 2.97. The summed E-state index contributed by atoms with van der Waals surface area (Å²) in [5, 5.41) is 21.1. The molecule has 0 fully saturated rings. The highest BCUT2D eigenvalue weighted by atomic mass is 79.9. The van der Waals surface area contributed by atoms with Crippen LogP contribution in [0.5, 0.6) is 0 Å². The Morgan fingerprint density at radius 2 is 2.07 bits per heavy atom. The fourth-order valence-corrected chi connectivity index (χ4v) is 1.54. The zero-order valence-electron chi connectivity index (χ0n) is 7.33. The molecule has 0 aliphatic carbocycles. The maximum atomic E-state index is 8.44. The molecule has 0 saturated heterocycles. The van der Waals surface area contributed by atoms with Crippen LogP contribution in [0.25, 0.3) is 0 Å². The standard InChI is InChI=1S/C9H4BrClN4/c10-8-3-6(11)1-2-9(8)15-14-7(4-12)5-13/h1-3,15H. The number of benzene rings is 1. The van der Waals surface area contributed by atoms with Crippen LogP contribution in [0, 0.1) is 22.7 Å². The normalized spacial score (nSPS) is 8.53. The first-order chi connectivity index (χ1) is 7.17. The first-order valence-corrected chi connectivity index (χ1v) is 4.93. The second-order valence-corrected chi connectivity index (χ2v) is 3.71. The van der Waals surface area contributed by atoms with Crippen LogP contribution < -0.4 is 5.43 Å². The van der Waals surface area contributed by atoms with E-state index in [1.54, 1.807) is 30.3 Å². The van der Waals surface area contributed by atoms with Crippen LogP contribution in [0.15, 0.2) is 27.8 Å². The van der Waals surface area contributed by atoms with Gasteiger partial charge in [-0.2, -0.15) is 15.6 Å². The Morgan fingerprint density at radius 3 is 2.60 bits per heavy atom. The second-order valence-electron chi connectivity index (χ2n) is 2.42. The molecule has 0 saturated carbocycles. The SMILES string of the molecule is N#CC(C#N)=NNc1ccc(Cl)cc1Br. The Balaban J connectivity index is 2.89. The van der Waals surface area contributed by atoms with Crippen molar-refractivity contribution in [2.24, 2.45) is 5.10 Å². The Labute approximate surface area is 99.9 Å². The number of halogens is 2. The van der Waals surface area contributed by atoms with Crippen LogP contribution >= 0.6 is 27.5 Å². The van der Waals surface area contributed by atoms with Gasteiger partial charge in [0.05, 0.1) is 5.69 Å². The molecule has 0 amide bonds.